The average molecular weight is 207 g/mol. The third kappa shape index (κ3) is 4.24. The van der Waals surface area contributed by atoms with Crippen LogP contribution < -0.4 is 10.5 Å². The minimum atomic E-state index is 0.732. The maximum Gasteiger partial charge on any atom is 0.142 e. The van der Waals surface area contributed by atoms with Crippen molar-refractivity contribution >= 4 is 5.69 Å². The first-order valence-electron chi connectivity index (χ1n) is 5.73. The van der Waals surface area contributed by atoms with Crippen LogP contribution in [-0.4, -0.2) is 6.61 Å². The minimum absolute atomic E-state index is 0.732. The van der Waals surface area contributed by atoms with Crippen LogP contribution >= 0.6 is 0 Å². The molecule has 15 heavy (non-hydrogen) atoms. The lowest BCUT2D eigenvalue weighted by Gasteiger charge is -2.09. The molecule has 0 heterocycles. The number of anilines is 1. The topological polar surface area (TPSA) is 35.2 Å². The fourth-order valence-electron chi connectivity index (χ4n) is 1.48. The second-order valence-corrected chi connectivity index (χ2v) is 3.95. The van der Waals surface area contributed by atoms with Crippen LogP contribution in [0.5, 0.6) is 5.75 Å². The summed E-state index contributed by atoms with van der Waals surface area (Å²) in [4.78, 5) is 0. The zero-order valence-corrected chi connectivity index (χ0v) is 9.75. The summed E-state index contributed by atoms with van der Waals surface area (Å²) in [5, 5.41) is 0. The van der Waals surface area contributed by atoms with Crippen molar-refractivity contribution in [2.45, 2.75) is 39.5 Å². The molecule has 84 valence electrons. The van der Waals surface area contributed by atoms with Crippen LogP contribution in [0.1, 0.15) is 38.2 Å². The van der Waals surface area contributed by atoms with Gasteiger partial charge in [0.1, 0.15) is 5.75 Å². The molecule has 0 atom stereocenters. The van der Waals surface area contributed by atoms with E-state index in [-0.39, 0.29) is 0 Å². The van der Waals surface area contributed by atoms with Gasteiger partial charge in [0.05, 0.1) is 12.3 Å². The van der Waals surface area contributed by atoms with Crippen molar-refractivity contribution in [3.8, 4) is 5.75 Å². The molecule has 0 radical (unpaired) electrons. The molecule has 0 saturated carbocycles. The maximum absolute atomic E-state index is 5.81. The summed E-state index contributed by atoms with van der Waals surface area (Å²) in [5.74, 6) is 0.825. The van der Waals surface area contributed by atoms with Crippen molar-refractivity contribution in [1.82, 2.24) is 0 Å². The Morgan fingerprint density at radius 1 is 1.20 bits per heavy atom. The standard InChI is InChI=1S/C13H21NO/c1-3-4-5-6-9-15-13-10-11(2)7-8-12(13)14/h7-8,10H,3-6,9,14H2,1-2H3. The van der Waals surface area contributed by atoms with Crippen LogP contribution in [0.25, 0.3) is 0 Å². The van der Waals surface area contributed by atoms with Crippen molar-refractivity contribution < 1.29 is 4.74 Å². The highest BCUT2D eigenvalue weighted by molar-refractivity contribution is 5.53. The monoisotopic (exact) mass is 207 g/mol. The molecular weight excluding hydrogens is 186 g/mol. The third-order valence-electron chi connectivity index (χ3n) is 2.42. The van der Waals surface area contributed by atoms with Gasteiger partial charge in [-0.05, 0) is 31.0 Å². The van der Waals surface area contributed by atoms with Crippen LogP contribution in [0.4, 0.5) is 5.69 Å². The van der Waals surface area contributed by atoms with Gasteiger partial charge in [0.2, 0.25) is 0 Å². The van der Waals surface area contributed by atoms with E-state index in [0.717, 1.165) is 24.5 Å². The summed E-state index contributed by atoms with van der Waals surface area (Å²) in [6, 6.07) is 5.89. The Kier molecular flexibility index (Phi) is 5.02. The van der Waals surface area contributed by atoms with Crippen molar-refractivity contribution in [2.24, 2.45) is 0 Å². The van der Waals surface area contributed by atoms with Crippen molar-refractivity contribution in [3.05, 3.63) is 23.8 Å². The molecule has 0 aliphatic rings. The molecule has 0 unspecified atom stereocenters. The molecule has 0 bridgehead atoms. The number of nitrogens with two attached hydrogens (primary N) is 1. The maximum atomic E-state index is 5.81. The van der Waals surface area contributed by atoms with Gasteiger partial charge in [-0.3, -0.25) is 0 Å². The number of rotatable bonds is 6. The van der Waals surface area contributed by atoms with E-state index in [0.29, 0.717) is 0 Å². The lowest BCUT2D eigenvalue weighted by atomic mass is 10.2. The summed E-state index contributed by atoms with van der Waals surface area (Å²) in [6.07, 6.45) is 4.89. The van der Waals surface area contributed by atoms with Crippen LogP contribution in [0.3, 0.4) is 0 Å². The molecule has 0 aliphatic carbocycles. The quantitative estimate of drug-likeness (QED) is 0.572. The van der Waals surface area contributed by atoms with E-state index in [1.165, 1.54) is 24.8 Å². The van der Waals surface area contributed by atoms with Gasteiger partial charge in [-0.15, -0.1) is 0 Å². The second-order valence-electron chi connectivity index (χ2n) is 3.95. The fourth-order valence-corrected chi connectivity index (χ4v) is 1.48. The van der Waals surface area contributed by atoms with Gasteiger partial charge < -0.3 is 10.5 Å². The zero-order chi connectivity index (χ0) is 11.1. The highest BCUT2D eigenvalue weighted by Crippen LogP contribution is 2.22. The minimum Gasteiger partial charge on any atom is -0.491 e. The van der Waals surface area contributed by atoms with E-state index in [9.17, 15) is 0 Å². The van der Waals surface area contributed by atoms with Crippen LogP contribution in [0.15, 0.2) is 18.2 Å². The normalized spacial score (nSPS) is 10.3. The molecule has 1 aromatic carbocycles. The van der Waals surface area contributed by atoms with E-state index < -0.39 is 0 Å². The zero-order valence-electron chi connectivity index (χ0n) is 9.75. The van der Waals surface area contributed by atoms with Crippen molar-refractivity contribution in [2.75, 3.05) is 12.3 Å². The first kappa shape index (κ1) is 11.9. The number of nitrogen functional groups attached to an aromatic ring is 1. The molecule has 0 spiro atoms. The second kappa shape index (κ2) is 6.33. The average Bonchev–Trinajstić information content (AvgIpc) is 2.23. The fraction of sp³-hybridized carbons (Fsp3) is 0.538. The van der Waals surface area contributed by atoms with Gasteiger partial charge in [0, 0.05) is 0 Å². The first-order valence-corrected chi connectivity index (χ1v) is 5.73. The number of hydrogen-bond acceptors (Lipinski definition) is 2. The first-order chi connectivity index (χ1) is 7.24. The number of ether oxygens (including phenoxy) is 1. The Balaban J connectivity index is 2.33. The number of benzene rings is 1. The van der Waals surface area contributed by atoms with Crippen LogP contribution in [-0.2, 0) is 0 Å². The van der Waals surface area contributed by atoms with Gasteiger partial charge in [0.15, 0.2) is 0 Å². The molecule has 0 aromatic heterocycles. The van der Waals surface area contributed by atoms with Gasteiger partial charge >= 0.3 is 0 Å². The predicted molar refractivity (Wildman–Crippen MR) is 65.2 cm³/mol. The third-order valence-corrected chi connectivity index (χ3v) is 2.42. The van der Waals surface area contributed by atoms with E-state index in [1.807, 2.05) is 25.1 Å². The van der Waals surface area contributed by atoms with Gasteiger partial charge in [-0.1, -0.05) is 32.3 Å². The van der Waals surface area contributed by atoms with E-state index in [4.69, 9.17) is 10.5 Å². The number of aryl methyl sites for hydroxylation is 1. The molecule has 2 N–H and O–H groups in total. The summed E-state index contributed by atoms with van der Waals surface area (Å²) in [5.41, 5.74) is 7.73. The summed E-state index contributed by atoms with van der Waals surface area (Å²) >= 11 is 0. The van der Waals surface area contributed by atoms with Gasteiger partial charge in [0.25, 0.3) is 0 Å². The highest BCUT2D eigenvalue weighted by atomic mass is 16.5. The number of unbranched alkanes of at least 4 members (excludes halogenated alkanes) is 3. The Morgan fingerprint density at radius 3 is 2.73 bits per heavy atom. The molecule has 1 rings (SSSR count). The molecule has 2 heteroatoms. The van der Waals surface area contributed by atoms with E-state index >= 15 is 0 Å². The molecule has 0 aliphatic heterocycles. The van der Waals surface area contributed by atoms with Crippen molar-refractivity contribution in [3.63, 3.8) is 0 Å². The number of hydrogen-bond donors (Lipinski definition) is 1. The molecule has 0 fully saturated rings. The van der Waals surface area contributed by atoms with Gasteiger partial charge in [-0.2, -0.15) is 0 Å². The SMILES string of the molecule is CCCCCCOc1cc(C)ccc1N. The Hall–Kier alpha value is -1.18. The smallest absolute Gasteiger partial charge is 0.142 e. The van der Waals surface area contributed by atoms with Crippen LogP contribution in [0, 0.1) is 6.92 Å². The molecular formula is C13H21NO. The largest absolute Gasteiger partial charge is 0.491 e. The Bertz CT molecular complexity index is 297. The molecule has 2 nitrogen and oxygen atoms in total. The van der Waals surface area contributed by atoms with E-state index in [1.54, 1.807) is 0 Å². The summed E-state index contributed by atoms with van der Waals surface area (Å²) in [7, 11) is 0. The van der Waals surface area contributed by atoms with Crippen molar-refractivity contribution in [1.29, 1.82) is 0 Å². The van der Waals surface area contributed by atoms with E-state index in [2.05, 4.69) is 6.92 Å². The lowest BCUT2D eigenvalue weighted by Crippen LogP contribution is -2.00. The Morgan fingerprint density at radius 2 is 2.00 bits per heavy atom. The summed E-state index contributed by atoms with van der Waals surface area (Å²) in [6.45, 7) is 5.02. The van der Waals surface area contributed by atoms with Crippen LogP contribution in [0.2, 0.25) is 0 Å². The molecule has 0 amide bonds. The lowest BCUT2D eigenvalue weighted by molar-refractivity contribution is 0.306. The van der Waals surface area contributed by atoms with Gasteiger partial charge in [-0.25, -0.2) is 0 Å². The summed E-state index contributed by atoms with van der Waals surface area (Å²) < 4.78 is 5.64. The highest BCUT2D eigenvalue weighted by Gasteiger charge is 1.99. The predicted octanol–water partition coefficient (Wildman–Crippen LogP) is 3.54. The molecule has 0 saturated heterocycles. The molecule has 1 aromatic rings. The Labute approximate surface area is 92.4 Å².